The van der Waals surface area contributed by atoms with Gasteiger partial charge in [0, 0.05) is 5.75 Å². The van der Waals surface area contributed by atoms with Gasteiger partial charge in [-0.2, -0.15) is 0 Å². The van der Waals surface area contributed by atoms with Gasteiger partial charge in [-0.3, -0.25) is 0 Å². The fourth-order valence-electron chi connectivity index (χ4n) is 1.74. The van der Waals surface area contributed by atoms with E-state index in [1.54, 1.807) is 13.8 Å². The highest BCUT2D eigenvalue weighted by Gasteiger charge is 2.06. The highest BCUT2D eigenvalue weighted by atomic mass is 32.2. The van der Waals surface area contributed by atoms with E-state index in [1.807, 2.05) is 24.3 Å². The summed E-state index contributed by atoms with van der Waals surface area (Å²) in [7, 11) is -2.91. The molecule has 0 radical (unpaired) electrons. The third-order valence-electron chi connectivity index (χ3n) is 3.18. The zero-order valence-corrected chi connectivity index (χ0v) is 13.4. The highest BCUT2D eigenvalue weighted by molar-refractivity contribution is 7.91. The van der Waals surface area contributed by atoms with Gasteiger partial charge in [-0.25, -0.2) is 8.42 Å². The average Bonchev–Trinajstić information content (AvgIpc) is 2.50. The SMILES string of the molecule is CCS(=O)(=O)CCCOc1ccc(CCC(C)=NO)cc1. The van der Waals surface area contributed by atoms with Crippen LogP contribution in [0.2, 0.25) is 0 Å². The molecule has 21 heavy (non-hydrogen) atoms. The number of oxime groups is 1. The molecule has 0 bridgehead atoms. The predicted molar refractivity (Wildman–Crippen MR) is 84.1 cm³/mol. The molecule has 1 rings (SSSR count). The molecule has 0 atom stereocenters. The van der Waals surface area contributed by atoms with Crippen LogP contribution >= 0.6 is 0 Å². The molecule has 118 valence electrons. The van der Waals surface area contributed by atoms with Crippen LogP contribution in [0.3, 0.4) is 0 Å². The molecule has 0 saturated carbocycles. The van der Waals surface area contributed by atoms with Crippen LogP contribution in [0.25, 0.3) is 0 Å². The monoisotopic (exact) mass is 313 g/mol. The molecule has 0 unspecified atom stereocenters. The molecule has 5 nitrogen and oxygen atoms in total. The van der Waals surface area contributed by atoms with Crippen molar-refractivity contribution < 1.29 is 18.4 Å². The molecule has 0 aliphatic carbocycles. The Hall–Kier alpha value is -1.56. The predicted octanol–water partition coefficient (Wildman–Crippen LogP) is 2.67. The number of rotatable bonds is 9. The lowest BCUT2D eigenvalue weighted by Gasteiger charge is -2.07. The van der Waals surface area contributed by atoms with Crippen molar-refractivity contribution in [3.63, 3.8) is 0 Å². The first-order valence-electron chi connectivity index (χ1n) is 7.06. The highest BCUT2D eigenvalue weighted by Crippen LogP contribution is 2.14. The number of ether oxygens (including phenoxy) is 1. The number of sulfone groups is 1. The summed E-state index contributed by atoms with van der Waals surface area (Å²) in [6, 6.07) is 7.66. The maximum absolute atomic E-state index is 11.3. The minimum atomic E-state index is -2.91. The van der Waals surface area contributed by atoms with E-state index in [-0.39, 0.29) is 11.5 Å². The molecular weight excluding hydrogens is 290 g/mol. The van der Waals surface area contributed by atoms with E-state index < -0.39 is 9.84 Å². The molecule has 0 saturated heterocycles. The van der Waals surface area contributed by atoms with Crippen LogP contribution in [-0.4, -0.2) is 37.4 Å². The van der Waals surface area contributed by atoms with Crippen molar-refractivity contribution in [1.82, 2.24) is 0 Å². The summed E-state index contributed by atoms with van der Waals surface area (Å²) in [5.41, 5.74) is 1.84. The molecule has 1 N–H and O–H groups in total. The van der Waals surface area contributed by atoms with E-state index >= 15 is 0 Å². The van der Waals surface area contributed by atoms with Gasteiger partial charge in [0.1, 0.15) is 15.6 Å². The maximum Gasteiger partial charge on any atom is 0.150 e. The molecule has 0 amide bonds. The first-order valence-corrected chi connectivity index (χ1v) is 8.88. The van der Waals surface area contributed by atoms with Crippen molar-refractivity contribution in [1.29, 1.82) is 0 Å². The molecule has 1 aromatic carbocycles. The minimum Gasteiger partial charge on any atom is -0.494 e. The minimum absolute atomic E-state index is 0.168. The Morgan fingerprint density at radius 2 is 1.95 bits per heavy atom. The summed E-state index contributed by atoms with van der Waals surface area (Å²) in [4.78, 5) is 0. The van der Waals surface area contributed by atoms with Crippen LogP contribution in [0.1, 0.15) is 32.3 Å². The Bertz CT molecular complexity index is 550. The van der Waals surface area contributed by atoms with Crippen molar-refractivity contribution in [2.75, 3.05) is 18.1 Å². The average molecular weight is 313 g/mol. The van der Waals surface area contributed by atoms with Crippen molar-refractivity contribution in [3.8, 4) is 5.75 Å². The fourth-order valence-corrected chi connectivity index (χ4v) is 2.59. The first-order chi connectivity index (χ1) is 9.96. The third kappa shape index (κ3) is 7.13. The lowest BCUT2D eigenvalue weighted by atomic mass is 10.1. The van der Waals surface area contributed by atoms with Gasteiger partial charge in [0.05, 0.1) is 18.1 Å². The molecule has 0 spiro atoms. The van der Waals surface area contributed by atoms with Crippen molar-refractivity contribution in [3.05, 3.63) is 29.8 Å². The molecule has 0 fully saturated rings. The summed E-state index contributed by atoms with van der Waals surface area (Å²) in [5, 5.41) is 11.7. The van der Waals surface area contributed by atoms with Crippen LogP contribution in [0.5, 0.6) is 5.75 Å². The number of hydrogen-bond acceptors (Lipinski definition) is 5. The van der Waals surface area contributed by atoms with E-state index in [9.17, 15) is 8.42 Å². The Kier molecular flexibility index (Phi) is 7.22. The maximum atomic E-state index is 11.3. The van der Waals surface area contributed by atoms with Crippen LogP contribution in [0, 0.1) is 0 Å². The molecular formula is C15H23NO4S. The summed E-state index contributed by atoms with van der Waals surface area (Å²) >= 11 is 0. The quantitative estimate of drug-likeness (QED) is 0.329. The van der Waals surface area contributed by atoms with Gasteiger partial charge in [-0.05, 0) is 43.9 Å². The van der Waals surface area contributed by atoms with Crippen LogP contribution in [0.15, 0.2) is 29.4 Å². The third-order valence-corrected chi connectivity index (χ3v) is 4.97. The van der Waals surface area contributed by atoms with Crippen molar-refractivity contribution >= 4 is 15.5 Å². The van der Waals surface area contributed by atoms with Crippen molar-refractivity contribution in [2.45, 2.75) is 33.1 Å². The zero-order valence-electron chi connectivity index (χ0n) is 12.6. The van der Waals surface area contributed by atoms with Crippen LogP contribution in [0.4, 0.5) is 0 Å². The van der Waals surface area contributed by atoms with E-state index in [2.05, 4.69) is 5.16 Å². The van der Waals surface area contributed by atoms with Crippen molar-refractivity contribution in [2.24, 2.45) is 5.16 Å². The van der Waals surface area contributed by atoms with E-state index in [0.29, 0.717) is 25.2 Å². The van der Waals surface area contributed by atoms with Gasteiger partial charge < -0.3 is 9.94 Å². The number of hydrogen-bond donors (Lipinski definition) is 1. The van der Waals surface area contributed by atoms with Gasteiger partial charge in [-0.15, -0.1) is 0 Å². The second kappa shape index (κ2) is 8.67. The van der Waals surface area contributed by atoms with Crippen LogP contribution in [-0.2, 0) is 16.3 Å². The topological polar surface area (TPSA) is 76.0 Å². The summed E-state index contributed by atoms with van der Waals surface area (Å²) in [6.07, 6.45) is 2.03. The number of nitrogens with zero attached hydrogens (tertiary/aromatic N) is 1. The second-order valence-electron chi connectivity index (χ2n) is 4.92. The zero-order chi connectivity index (χ0) is 15.7. The van der Waals surface area contributed by atoms with Gasteiger partial charge in [0.2, 0.25) is 0 Å². The Morgan fingerprint density at radius 1 is 1.29 bits per heavy atom. The second-order valence-corrected chi connectivity index (χ2v) is 7.39. The Morgan fingerprint density at radius 3 is 2.52 bits per heavy atom. The summed E-state index contributed by atoms with van der Waals surface area (Å²) in [5.74, 6) is 1.08. The molecule has 1 aromatic rings. The van der Waals surface area contributed by atoms with E-state index in [4.69, 9.17) is 9.94 Å². The van der Waals surface area contributed by atoms with Gasteiger partial charge >= 0.3 is 0 Å². The Balaban J connectivity index is 2.34. The molecule has 0 aromatic heterocycles. The van der Waals surface area contributed by atoms with E-state index in [0.717, 1.165) is 17.7 Å². The fraction of sp³-hybridized carbons (Fsp3) is 0.533. The van der Waals surface area contributed by atoms with Gasteiger partial charge in [0.25, 0.3) is 0 Å². The molecule has 0 heterocycles. The lowest BCUT2D eigenvalue weighted by molar-refractivity contribution is 0.317. The van der Waals surface area contributed by atoms with Gasteiger partial charge in [-0.1, -0.05) is 24.2 Å². The number of benzene rings is 1. The molecule has 0 aliphatic rings. The summed E-state index contributed by atoms with van der Waals surface area (Å²) in [6.45, 7) is 3.83. The summed E-state index contributed by atoms with van der Waals surface area (Å²) < 4.78 is 28.2. The van der Waals surface area contributed by atoms with Crippen LogP contribution < -0.4 is 4.74 Å². The lowest BCUT2D eigenvalue weighted by Crippen LogP contribution is -2.11. The number of aryl methyl sites for hydroxylation is 1. The first kappa shape index (κ1) is 17.5. The Labute approximate surface area is 126 Å². The standard InChI is InChI=1S/C15H23NO4S/c1-3-21(18,19)12-4-11-20-15-9-7-14(8-10-15)6-5-13(2)16-17/h7-10,17H,3-6,11-12H2,1-2H3. The smallest absolute Gasteiger partial charge is 0.150 e. The van der Waals surface area contributed by atoms with E-state index in [1.165, 1.54) is 0 Å². The van der Waals surface area contributed by atoms with Gasteiger partial charge in [0.15, 0.2) is 0 Å². The largest absolute Gasteiger partial charge is 0.494 e. The normalized spacial score (nSPS) is 12.4. The molecule has 0 aliphatic heterocycles. The molecule has 6 heteroatoms.